The Labute approximate surface area is 131 Å². The smallest absolute Gasteiger partial charge is 0.140 e. The van der Waals surface area contributed by atoms with E-state index in [-0.39, 0.29) is 6.04 Å². The maximum absolute atomic E-state index is 9.58. The van der Waals surface area contributed by atoms with Crippen LogP contribution < -0.4 is 0 Å². The van der Waals surface area contributed by atoms with Crippen molar-refractivity contribution in [1.82, 2.24) is 19.8 Å². The van der Waals surface area contributed by atoms with Crippen LogP contribution in [-0.4, -0.2) is 52.5 Å². The van der Waals surface area contributed by atoms with Gasteiger partial charge in [-0.15, -0.1) is 0 Å². The molecule has 1 saturated heterocycles. The van der Waals surface area contributed by atoms with Gasteiger partial charge in [-0.2, -0.15) is 5.26 Å². The lowest BCUT2D eigenvalue weighted by Crippen LogP contribution is -2.47. The summed E-state index contributed by atoms with van der Waals surface area (Å²) in [6.45, 7) is 7.14. The van der Waals surface area contributed by atoms with Crippen LogP contribution in [0.1, 0.15) is 18.7 Å². The van der Waals surface area contributed by atoms with Crippen molar-refractivity contribution in [2.75, 3.05) is 32.7 Å². The van der Waals surface area contributed by atoms with Gasteiger partial charge >= 0.3 is 0 Å². The number of nitrogens with zero attached hydrogens (tertiary/aromatic N) is 4. The van der Waals surface area contributed by atoms with E-state index in [2.05, 4.69) is 32.8 Å². The van der Waals surface area contributed by atoms with Crippen molar-refractivity contribution in [3.8, 4) is 17.5 Å². The zero-order valence-corrected chi connectivity index (χ0v) is 12.9. The Bertz CT molecular complexity index is 635. The molecule has 0 spiro atoms. The highest BCUT2D eigenvalue weighted by Gasteiger charge is 2.25. The van der Waals surface area contributed by atoms with Gasteiger partial charge in [0.1, 0.15) is 11.9 Å². The molecule has 0 aliphatic carbocycles. The van der Waals surface area contributed by atoms with Crippen molar-refractivity contribution in [3.63, 3.8) is 0 Å². The fourth-order valence-corrected chi connectivity index (χ4v) is 2.90. The van der Waals surface area contributed by atoms with Gasteiger partial charge < -0.3 is 9.88 Å². The van der Waals surface area contributed by atoms with E-state index < -0.39 is 0 Å². The first kappa shape index (κ1) is 14.8. The topological polar surface area (TPSA) is 58.9 Å². The van der Waals surface area contributed by atoms with E-state index in [9.17, 15) is 5.26 Å². The molecule has 1 aliphatic rings. The molecule has 1 fully saturated rings. The summed E-state index contributed by atoms with van der Waals surface area (Å²) in [5.74, 6) is 0.822. The number of piperazine rings is 1. The number of benzene rings is 1. The zero-order valence-electron chi connectivity index (χ0n) is 12.9. The highest BCUT2D eigenvalue weighted by atomic mass is 15.3. The SMILES string of the molecule is CCN1CCN(C(C#N)c2cnc(-c3ccccc3)[nH]2)CC1. The molecule has 5 heteroatoms. The average Bonchev–Trinajstić information content (AvgIpc) is 3.07. The van der Waals surface area contributed by atoms with E-state index in [1.165, 1.54) is 0 Å². The van der Waals surface area contributed by atoms with E-state index in [4.69, 9.17) is 0 Å². The Morgan fingerprint density at radius 2 is 1.95 bits per heavy atom. The molecule has 0 bridgehead atoms. The Kier molecular flexibility index (Phi) is 4.52. The number of nitriles is 1. The van der Waals surface area contributed by atoms with Crippen LogP contribution in [0, 0.1) is 11.3 Å². The van der Waals surface area contributed by atoms with Crippen LogP contribution >= 0.6 is 0 Å². The van der Waals surface area contributed by atoms with Gasteiger partial charge in [0.25, 0.3) is 0 Å². The van der Waals surface area contributed by atoms with Crippen molar-refractivity contribution in [2.24, 2.45) is 0 Å². The maximum atomic E-state index is 9.58. The number of aromatic nitrogens is 2. The molecule has 114 valence electrons. The van der Waals surface area contributed by atoms with Crippen LogP contribution in [0.3, 0.4) is 0 Å². The highest BCUT2D eigenvalue weighted by Crippen LogP contribution is 2.23. The zero-order chi connectivity index (χ0) is 15.4. The number of hydrogen-bond donors (Lipinski definition) is 1. The lowest BCUT2D eigenvalue weighted by Gasteiger charge is -2.35. The summed E-state index contributed by atoms with van der Waals surface area (Å²) >= 11 is 0. The van der Waals surface area contributed by atoms with Crippen molar-refractivity contribution in [2.45, 2.75) is 13.0 Å². The highest BCUT2D eigenvalue weighted by molar-refractivity contribution is 5.54. The van der Waals surface area contributed by atoms with Crippen molar-refractivity contribution in [3.05, 3.63) is 42.2 Å². The van der Waals surface area contributed by atoms with E-state index in [0.29, 0.717) is 0 Å². The normalized spacial score (nSPS) is 18.0. The molecule has 2 aromatic rings. The van der Waals surface area contributed by atoms with E-state index in [1.807, 2.05) is 30.3 Å². The van der Waals surface area contributed by atoms with Gasteiger partial charge in [0.05, 0.1) is 18.0 Å². The first-order valence-corrected chi connectivity index (χ1v) is 7.78. The predicted molar refractivity (Wildman–Crippen MR) is 86.1 cm³/mol. The summed E-state index contributed by atoms with van der Waals surface area (Å²) < 4.78 is 0. The molecule has 1 aromatic heterocycles. The first-order valence-electron chi connectivity index (χ1n) is 7.78. The number of hydrogen-bond acceptors (Lipinski definition) is 4. The van der Waals surface area contributed by atoms with Gasteiger partial charge in [0.2, 0.25) is 0 Å². The lowest BCUT2D eigenvalue weighted by atomic mass is 10.1. The molecule has 1 aliphatic heterocycles. The number of aromatic amines is 1. The number of rotatable bonds is 4. The number of nitrogens with one attached hydrogen (secondary N) is 1. The minimum atomic E-state index is -0.246. The van der Waals surface area contributed by atoms with Crippen molar-refractivity contribution >= 4 is 0 Å². The summed E-state index contributed by atoms with van der Waals surface area (Å²) in [6.07, 6.45) is 1.79. The van der Waals surface area contributed by atoms with Crippen molar-refractivity contribution < 1.29 is 0 Å². The molecule has 3 rings (SSSR count). The average molecular weight is 295 g/mol. The van der Waals surface area contributed by atoms with Gasteiger partial charge in [0.15, 0.2) is 0 Å². The summed E-state index contributed by atoms with van der Waals surface area (Å²) in [5.41, 5.74) is 1.92. The second-order valence-corrected chi connectivity index (χ2v) is 5.56. The van der Waals surface area contributed by atoms with Gasteiger partial charge in [0, 0.05) is 31.7 Å². The quantitative estimate of drug-likeness (QED) is 0.940. The first-order chi connectivity index (χ1) is 10.8. The van der Waals surface area contributed by atoms with Crippen molar-refractivity contribution in [1.29, 1.82) is 5.26 Å². The number of likely N-dealkylation sites (N-methyl/N-ethyl adjacent to an activating group) is 1. The van der Waals surface area contributed by atoms with Crippen LogP contribution in [0.4, 0.5) is 0 Å². The van der Waals surface area contributed by atoms with Gasteiger partial charge in [-0.3, -0.25) is 4.90 Å². The van der Waals surface area contributed by atoms with Gasteiger partial charge in [-0.25, -0.2) is 4.98 Å². The second kappa shape index (κ2) is 6.73. The number of imidazole rings is 1. The standard InChI is InChI=1S/C17H21N5/c1-2-21-8-10-22(11-9-21)16(12-18)15-13-19-17(20-15)14-6-4-3-5-7-14/h3-7,13,16H,2,8-11H2,1H3,(H,19,20). The van der Waals surface area contributed by atoms with Gasteiger partial charge in [-0.05, 0) is 6.54 Å². The molecule has 22 heavy (non-hydrogen) atoms. The molecule has 0 saturated carbocycles. The molecule has 1 aromatic carbocycles. The predicted octanol–water partition coefficient (Wildman–Crippen LogP) is 2.28. The Morgan fingerprint density at radius 3 is 2.59 bits per heavy atom. The fraction of sp³-hybridized carbons (Fsp3) is 0.412. The van der Waals surface area contributed by atoms with E-state index in [0.717, 1.165) is 49.8 Å². The van der Waals surface area contributed by atoms with Crippen LogP contribution in [0.25, 0.3) is 11.4 Å². The molecule has 1 unspecified atom stereocenters. The molecule has 1 atom stereocenters. The molecule has 0 radical (unpaired) electrons. The van der Waals surface area contributed by atoms with E-state index >= 15 is 0 Å². The molecule has 1 N–H and O–H groups in total. The molecule has 5 nitrogen and oxygen atoms in total. The summed E-state index contributed by atoms with van der Waals surface area (Å²) in [7, 11) is 0. The third-order valence-corrected chi connectivity index (χ3v) is 4.28. The Hall–Kier alpha value is -2.16. The van der Waals surface area contributed by atoms with Crippen LogP contribution in [-0.2, 0) is 0 Å². The van der Waals surface area contributed by atoms with Crippen LogP contribution in [0.15, 0.2) is 36.5 Å². The molecular weight excluding hydrogens is 274 g/mol. The Morgan fingerprint density at radius 1 is 1.23 bits per heavy atom. The lowest BCUT2D eigenvalue weighted by molar-refractivity contribution is 0.117. The summed E-state index contributed by atoms with van der Waals surface area (Å²) in [4.78, 5) is 12.4. The number of H-pyrrole nitrogens is 1. The minimum absolute atomic E-state index is 0.246. The monoisotopic (exact) mass is 295 g/mol. The molecule has 0 amide bonds. The summed E-state index contributed by atoms with van der Waals surface area (Å²) in [6, 6.07) is 12.2. The third-order valence-electron chi connectivity index (χ3n) is 4.28. The molecular formula is C17H21N5. The maximum Gasteiger partial charge on any atom is 0.140 e. The summed E-state index contributed by atoms with van der Waals surface area (Å²) in [5, 5.41) is 9.58. The Balaban J connectivity index is 1.75. The van der Waals surface area contributed by atoms with E-state index in [1.54, 1.807) is 6.20 Å². The van der Waals surface area contributed by atoms with Crippen LogP contribution in [0.5, 0.6) is 0 Å². The van der Waals surface area contributed by atoms with Gasteiger partial charge in [-0.1, -0.05) is 37.3 Å². The second-order valence-electron chi connectivity index (χ2n) is 5.56. The minimum Gasteiger partial charge on any atom is -0.340 e. The third kappa shape index (κ3) is 3.03. The van der Waals surface area contributed by atoms with Crippen LogP contribution in [0.2, 0.25) is 0 Å². The molecule has 2 heterocycles. The largest absolute Gasteiger partial charge is 0.340 e. The fourth-order valence-electron chi connectivity index (χ4n) is 2.90.